The van der Waals surface area contributed by atoms with Crippen molar-refractivity contribution in [3.8, 4) is 0 Å². The van der Waals surface area contributed by atoms with Gasteiger partial charge in [0.15, 0.2) is 0 Å². The monoisotopic (exact) mass is 267 g/mol. The fourth-order valence-corrected chi connectivity index (χ4v) is 3.11. The second-order valence-electron chi connectivity index (χ2n) is 5.67. The summed E-state index contributed by atoms with van der Waals surface area (Å²) in [6.45, 7) is 3.18. The van der Waals surface area contributed by atoms with Crippen LogP contribution < -0.4 is 10.6 Å². The molecule has 108 valence electrons. The predicted octanol–water partition coefficient (Wildman–Crippen LogP) is 1.63. The van der Waals surface area contributed by atoms with Crippen LogP contribution in [0.5, 0.6) is 0 Å². The lowest BCUT2D eigenvalue weighted by Crippen LogP contribution is -2.55. The zero-order valence-corrected chi connectivity index (χ0v) is 11.8. The van der Waals surface area contributed by atoms with Gasteiger partial charge in [0, 0.05) is 19.5 Å². The van der Waals surface area contributed by atoms with Gasteiger partial charge >= 0.3 is 6.03 Å². The molecule has 3 amide bonds. The Hall–Kier alpha value is -1.10. The van der Waals surface area contributed by atoms with Crippen LogP contribution in [0.25, 0.3) is 0 Å². The van der Waals surface area contributed by atoms with E-state index in [-0.39, 0.29) is 24.0 Å². The number of rotatable bonds is 2. The molecule has 19 heavy (non-hydrogen) atoms. The highest BCUT2D eigenvalue weighted by Gasteiger charge is 2.30. The number of nitrogens with zero attached hydrogens (tertiary/aromatic N) is 1. The summed E-state index contributed by atoms with van der Waals surface area (Å²) in [5.74, 6) is -0.151. The maximum absolute atomic E-state index is 12.3. The van der Waals surface area contributed by atoms with Crippen LogP contribution in [-0.4, -0.2) is 42.0 Å². The number of carbonyl (C=O) groups is 2. The highest BCUT2D eigenvalue weighted by atomic mass is 16.2. The van der Waals surface area contributed by atoms with Crippen molar-refractivity contribution < 1.29 is 9.59 Å². The van der Waals surface area contributed by atoms with Gasteiger partial charge < -0.3 is 10.6 Å². The number of hydrogen-bond donors (Lipinski definition) is 2. The molecule has 0 aromatic heterocycles. The third-order valence-electron chi connectivity index (χ3n) is 4.13. The van der Waals surface area contributed by atoms with Gasteiger partial charge in [-0.15, -0.1) is 0 Å². The molecule has 0 radical (unpaired) electrons. The smallest absolute Gasteiger partial charge is 0.324 e. The molecule has 1 unspecified atom stereocenters. The first kappa shape index (κ1) is 14.3. The molecule has 0 bridgehead atoms. The third-order valence-corrected chi connectivity index (χ3v) is 4.13. The molecule has 1 aliphatic carbocycles. The van der Waals surface area contributed by atoms with Crippen LogP contribution >= 0.6 is 0 Å². The summed E-state index contributed by atoms with van der Waals surface area (Å²) < 4.78 is 0. The van der Waals surface area contributed by atoms with Gasteiger partial charge in [-0.05, 0) is 32.2 Å². The molecule has 5 nitrogen and oxygen atoms in total. The molecular weight excluding hydrogens is 242 g/mol. The molecule has 5 heteroatoms. The Bertz CT molecular complexity index is 321. The quantitative estimate of drug-likeness (QED) is 0.799. The number of nitrogens with one attached hydrogen (secondary N) is 2. The molecule has 0 spiro atoms. The lowest BCUT2D eigenvalue weighted by Gasteiger charge is -2.34. The molecule has 1 atom stereocenters. The van der Waals surface area contributed by atoms with E-state index >= 15 is 0 Å². The first-order chi connectivity index (χ1) is 9.18. The van der Waals surface area contributed by atoms with Gasteiger partial charge in [0.1, 0.15) is 0 Å². The maximum atomic E-state index is 12.3. The highest BCUT2D eigenvalue weighted by Crippen LogP contribution is 2.18. The van der Waals surface area contributed by atoms with E-state index in [1.807, 2.05) is 0 Å². The average Bonchev–Trinajstić information content (AvgIpc) is 2.40. The second-order valence-corrected chi connectivity index (χ2v) is 5.67. The van der Waals surface area contributed by atoms with Crippen molar-refractivity contribution in [2.24, 2.45) is 0 Å². The summed E-state index contributed by atoms with van der Waals surface area (Å²) in [7, 11) is 0. The lowest BCUT2D eigenvalue weighted by atomic mass is 9.95. The van der Waals surface area contributed by atoms with Gasteiger partial charge in [-0.1, -0.05) is 19.3 Å². The number of hydrogen-bond acceptors (Lipinski definition) is 3. The number of amides is 3. The summed E-state index contributed by atoms with van der Waals surface area (Å²) >= 11 is 0. The normalized spacial score (nSPS) is 24.8. The standard InChI is InChI=1S/C14H25N3O2/c1-11(18)17(13-8-5-9-15-10-13)14(19)16-12-6-3-2-4-7-12/h12-13,15H,2-10H2,1H3,(H,16,19). The van der Waals surface area contributed by atoms with Crippen LogP contribution in [0, 0.1) is 0 Å². The van der Waals surface area contributed by atoms with E-state index in [0.29, 0.717) is 0 Å². The first-order valence-electron chi connectivity index (χ1n) is 7.49. The Labute approximate surface area is 115 Å². The van der Waals surface area contributed by atoms with E-state index in [1.165, 1.54) is 31.1 Å². The average molecular weight is 267 g/mol. The Kier molecular flexibility index (Phi) is 5.19. The molecule has 1 saturated carbocycles. The second kappa shape index (κ2) is 6.89. The van der Waals surface area contributed by atoms with Crippen molar-refractivity contribution in [2.75, 3.05) is 13.1 Å². The maximum Gasteiger partial charge on any atom is 0.324 e. The minimum Gasteiger partial charge on any atom is -0.335 e. The van der Waals surface area contributed by atoms with Crippen molar-refractivity contribution in [1.82, 2.24) is 15.5 Å². The fourth-order valence-electron chi connectivity index (χ4n) is 3.11. The van der Waals surface area contributed by atoms with Gasteiger partial charge in [0.05, 0.1) is 6.04 Å². The molecule has 1 heterocycles. The Morgan fingerprint density at radius 3 is 2.42 bits per heavy atom. The van der Waals surface area contributed by atoms with Crippen LogP contribution in [-0.2, 0) is 4.79 Å². The summed E-state index contributed by atoms with van der Waals surface area (Å²) in [4.78, 5) is 25.5. The SMILES string of the molecule is CC(=O)N(C(=O)NC1CCCCC1)C1CCCNC1. The summed E-state index contributed by atoms with van der Waals surface area (Å²) in [6, 6.07) is 0.0580. The first-order valence-corrected chi connectivity index (χ1v) is 7.49. The van der Waals surface area contributed by atoms with E-state index in [2.05, 4.69) is 10.6 Å². The van der Waals surface area contributed by atoms with E-state index in [9.17, 15) is 9.59 Å². The molecular formula is C14H25N3O2. The number of carbonyl (C=O) groups excluding carboxylic acids is 2. The van der Waals surface area contributed by atoms with Gasteiger partial charge in [-0.3, -0.25) is 9.69 Å². The predicted molar refractivity (Wildman–Crippen MR) is 73.8 cm³/mol. The molecule has 0 aromatic carbocycles. The van der Waals surface area contributed by atoms with Crippen LogP contribution in [0.2, 0.25) is 0 Å². The van der Waals surface area contributed by atoms with Crippen molar-refractivity contribution in [3.63, 3.8) is 0 Å². The molecule has 2 aliphatic rings. The minimum absolute atomic E-state index is 0.00911. The third kappa shape index (κ3) is 3.93. The van der Waals surface area contributed by atoms with Crippen molar-refractivity contribution in [3.05, 3.63) is 0 Å². The zero-order valence-electron chi connectivity index (χ0n) is 11.8. The van der Waals surface area contributed by atoms with E-state index in [1.54, 1.807) is 0 Å². The van der Waals surface area contributed by atoms with Crippen molar-refractivity contribution >= 4 is 11.9 Å². The number of urea groups is 1. The van der Waals surface area contributed by atoms with Crippen molar-refractivity contribution in [2.45, 2.75) is 64.0 Å². The molecule has 1 saturated heterocycles. The molecule has 1 aliphatic heterocycles. The van der Waals surface area contributed by atoms with Gasteiger partial charge in [-0.25, -0.2) is 4.79 Å². The topological polar surface area (TPSA) is 61.4 Å². The summed E-state index contributed by atoms with van der Waals surface area (Å²) in [6.07, 6.45) is 7.62. The fraction of sp³-hybridized carbons (Fsp3) is 0.857. The highest BCUT2D eigenvalue weighted by molar-refractivity contribution is 5.93. The van der Waals surface area contributed by atoms with Crippen LogP contribution in [0.3, 0.4) is 0 Å². The Balaban J connectivity index is 1.93. The van der Waals surface area contributed by atoms with Crippen molar-refractivity contribution in [1.29, 1.82) is 0 Å². The Morgan fingerprint density at radius 1 is 1.11 bits per heavy atom. The number of imide groups is 1. The van der Waals surface area contributed by atoms with Gasteiger partial charge in [0.2, 0.25) is 5.91 Å². The van der Waals surface area contributed by atoms with Crippen LogP contribution in [0.4, 0.5) is 4.79 Å². The number of piperidine rings is 1. The van der Waals surface area contributed by atoms with E-state index in [0.717, 1.165) is 38.8 Å². The zero-order chi connectivity index (χ0) is 13.7. The lowest BCUT2D eigenvalue weighted by molar-refractivity contribution is -0.128. The van der Waals surface area contributed by atoms with Crippen LogP contribution in [0.1, 0.15) is 51.9 Å². The van der Waals surface area contributed by atoms with Gasteiger partial charge in [-0.2, -0.15) is 0 Å². The van der Waals surface area contributed by atoms with E-state index < -0.39 is 0 Å². The molecule has 2 fully saturated rings. The Morgan fingerprint density at radius 2 is 1.84 bits per heavy atom. The molecule has 2 rings (SSSR count). The minimum atomic E-state index is -0.201. The summed E-state index contributed by atoms with van der Waals surface area (Å²) in [5, 5.41) is 6.29. The van der Waals surface area contributed by atoms with Gasteiger partial charge in [0.25, 0.3) is 0 Å². The summed E-state index contributed by atoms with van der Waals surface area (Å²) in [5.41, 5.74) is 0. The molecule has 0 aromatic rings. The molecule has 2 N–H and O–H groups in total. The van der Waals surface area contributed by atoms with E-state index in [4.69, 9.17) is 0 Å². The largest absolute Gasteiger partial charge is 0.335 e. The van der Waals surface area contributed by atoms with Crippen LogP contribution in [0.15, 0.2) is 0 Å².